The third-order valence-corrected chi connectivity index (χ3v) is 3.61. The zero-order valence-corrected chi connectivity index (χ0v) is 11.4. The molecule has 1 rings (SSSR count). The summed E-state index contributed by atoms with van der Waals surface area (Å²) in [7, 11) is 0. The van der Waals surface area contributed by atoms with E-state index in [9.17, 15) is 5.11 Å². The van der Waals surface area contributed by atoms with E-state index < -0.39 is 0 Å². The highest BCUT2D eigenvalue weighted by molar-refractivity contribution is 4.75. The number of β-amino-alcohol motifs (C(OH)–C–C–N with tert-alkyl or cyclic N) is 1. The van der Waals surface area contributed by atoms with Crippen molar-refractivity contribution in [2.75, 3.05) is 45.8 Å². The van der Waals surface area contributed by atoms with E-state index in [1.165, 1.54) is 13.0 Å². The summed E-state index contributed by atoms with van der Waals surface area (Å²) in [6, 6.07) is 0. The van der Waals surface area contributed by atoms with Crippen LogP contribution in [0.5, 0.6) is 0 Å². The molecule has 1 aliphatic rings. The Morgan fingerprint density at radius 1 is 1.06 bits per heavy atom. The van der Waals surface area contributed by atoms with Gasteiger partial charge in [0.15, 0.2) is 0 Å². The van der Waals surface area contributed by atoms with Crippen LogP contribution in [-0.2, 0) is 0 Å². The van der Waals surface area contributed by atoms with Gasteiger partial charge in [0.25, 0.3) is 0 Å². The fourth-order valence-electron chi connectivity index (χ4n) is 2.15. The summed E-state index contributed by atoms with van der Waals surface area (Å²) in [6.45, 7) is 11.4. The van der Waals surface area contributed by atoms with Crippen LogP contribution in [0, 0.1) is 5.92 Å². The highest BCUT2D eigenvalue weighted by atomic mass is 16.3. The predicted octanol–water partition coefficient (Wildman–Crippen LogP) is 0.360. The minimum atomic E-state index is -0.182. The molecule has 0 bridgehead atoms. The molecule has 0 aromatic rings. The van der Waals surface area contributed by atoms with Crippen molar-refractivity contribution in [2.24, 2.45) is 11.7 Å². The van der Waals surface area contributed by atoms with Crippen molar-refractivity contribution < 1.29 is 5.11 Å². The van der Waals surface area contributed by atoms with Crippen LogP contribution in [0.25, 0.3) is 0 Å². The largest absolute Gasteiger partial charge is 0.392 e. The second-order valence-electron chi connectivity index (χ2n) is 5.45. The van der Waals surface area contributed by atoms with Crippen molar-refractivity contribution in [1.29, 1.82) is 0 Å². The van der Waals surface area contributed by atoms with Gasteiger partial charge in [-0.15, -0.1) is 0 Å². The average molecular weight is 243 g/mol. The standard InChI is InChI=1S/C13H29N3O/c1-12(2)13(17)11-16-9-7-15(8-10-16)6-4-3-5-14/h12-13,17H,3-11,14H2,1-2H3. The highest BCUT2D eigenvalue weighted by Crippen LogP contribution is 2.08. The van der Waals surface area contributed by atoms with E-state index in [2.05, 4.69) is 23.6 Å². The van der Waals surface area contributed by atoms with Crippen LogP contribution in [0.3, 0.4) is 0 Å². The van der Waals surface area contributed by atoms with E-state index in [4.69, 9.17) is 5.73 Å². The maximum absolute atomic E-state index is 9.85. The number of aliphatic hydroxyl groups excluding tert-OH is 1. The molecule has 1 fully saturated rings. The lowest BCUT2D eigenvalue weighted by molar-refractivity contribution is 0.0495. The van der Waals surface area contributed by atoms with Crippen LogP contribution in [-0.4, -0.2) is 66.8 Å². The van der Waals surface area contributed by atoms with Gasteiger partial charge in [0, 0.05) is 32.7 Å². The first-order valence-corrected chi connectivity index (χ1v) is 6.96. The monoisotopic (exact) mass is 243 g/mol. The number of hydrogen-bond acceptors (Lipinski definition) is 4. The smallest absolute Gasteiger partial charge is 0.0689 e. The van der Waals surface area contributed by atoms with E-state index in [1.807, 2.05) is 0 Å². The average Bonchev–Trinajstić information content (AvgIpc) is 2.31. The molecule has 0 spiro atoms. The van der Waals surface area contributed by atoms with E-state index in [0.717, 1.165) is 45.7 Å². The Hall–Kier alpha value is -0.160. The third kappa shape index (κ3) is 5.82. The van der Waals surface area contributed by atoms with E-state index in [1.54, 1.807) is 0 Å². The summed E-state index contributed by atoms with van der Waals surface area (Å²) in [5, 5.41) is 9.85. The zero-order valence-electron chi connectivity index (χ0n) is 11.4. The molecule has 0 amide bonds. The number of nitrogens with zero attached hydrogens (tertiary/aromatic N) is 2. The van der Waals surface area contributed by atoms with Gasteiger partial charge in [-0.3, -0.25) is 4.90 Å². The third-order valence-electron chi connectivity index (χ3n) is 3.61. The molecule has 4 heteroatoms. The fraction of sp³-hybridized carbons (Fsp3) is 1.00. The van der Waals surface area contributed by atoms with E-state index in [-0.39, 0.29) is 6.10 Å². The summed E-state index contributed by atoms with van der Waals surface area (Å²) in [5.41, 5.74) is 5.49. The predicted molar refractivity (Wildman–Crippen MR) is 72.0 cm³/mol. The molecular weight excluding hydrogens is 214 g/mol. The van der Waals surface area contributed by atoms with Gasteiger partial charge in [0.2, 0.25) is 0 Å². The molecule has 1 unspecified atom stereocenters. The van der Waals surface area contributed by atoms with Crippen LogP contribution >= 0.6 is 0 Å². The molecule has 102 valence electrons. The molecule has 0 aromatic carbocycles. The van der Waals surface area contributed by atoms with Crippen LogP contribution in [0.1, 0.15) is 26.7 Å². The van der Waals surface area contributed by atoms with Gasteiger partial charge in [-0.25, -0.2) is 0 Å². The lowest BCUT2D eigenvalue weighted by Crippen LogP contribution is -2.49. The first-order valence-electron chi connectivity index (χ1n) is 6.96. The van der Waals surface area contributed by atoms with Crippen molar-refractivity contribution in [3.8, 4) is 0 Å². The van der Waals surface area contributed by atoms with Crippen LogP contribution in [0.2, 0.25) is 0 Å². The summed E-state index contributed by atoms with van der Waals surface area (Å²) in [6.07, 6.45) is 2.16. The summed E-state index contributed by atoms with van der Waals surface area (Å²) in [4.78, 5) is 4.89. The van der Waals surface area contributed by atoms with Gasteiger partial charge in [-0.05, 0) is 31.8 Å². The first kappa shape index (κ1) is 14.9. The van der Waals surface area contributed by atoms with E-state index >= 15 is 0 Å². The molecule has 3 N–H and O–H groups in total. The van der Waals surface area contributed by atoms with Gasteiger partial charge in [-0.2, -0.15) is 0 Å². The molecule has 0 radical (unpaired) electrons. The molecule has 17 heavy (non-hydrogen) atoms. The summed E-state index contributed by atoms with van der Waals surface area (Å²) >= 11 is 0. The Morgan fingerprint density at radius 2 is 1.65 bits per heavy atom. The maximum atomic E-state index is 9.85. The summed E-state index contributed by atoms with van der Waals surface area (Å²) < 4.78 is 0. The molecule has 1 saturated heterocycles. The maximum Gasteiger partial charge on any atom is 0.0689 e. The van der Waals surface area contributed by atoms with Crippen LogP contribution in [0.15, 0.2) is 0 Å². The normalized spacial score (nSPS) is 21.0. The van der Waals surface area contributed by atoms with E-state index in [0.29, 0.717) is 5.92 Å². The fourth-order valence-corrected chi connectivity index (χ4v) is 2.15. The van der Waals surface area contributed by atoms with Gasteiger partial charge in [0.1, 0.15) is 0 Å². The van der Waals surface area contributed by atoms with Crippen LogP contribution < -0.4 is 5.73 Å². The Bertz CT molecular complexity index is 191. The molecule has 1 atom stereocenters. The molecular formula is C13H29N3O. The quantitative estimate of drug-likeness (QED) is 0.634. The number of aliphatic hydroxyl groups is 1. The number of hydrogen-bond donors (Lipinski definition) is 2. The minimum absolute atomic E-state index is 0.182. The lowest BCUT2D eigenvalue weighted by Gasteiger charge is -2.36. The molecule has 4 nitrogen and oxygen atoms in total. The van der Waals surface area contributed by atoms with Gasteiger partial charge in [0.05, 0.1) is 6.10 Å². The molecule has 1 heterocycles. The Labute approximate surface area is 106 Å². The SMILES string of the molecule is CC(C)C(O)CN1CCN(CCCCN)CC1. The number of piperazine rings is 1. The number of unbranched alkanes of at least 4 members (excludes halogenated alkanes) is 1. The number of nitrogens with two attached hydrogens (primary N) is 1. The second-order valence-corrected chi connectivity index (χ2v) is 5.45. The topological polar surface area (TPSA) is 52.7 Å². The van der Waals surface area contributed by atoms with Gasteiger partial charge in [-0.1, -0.05) is 13.8 Å². The highest BCUT2D eigenvalue weighted by Gasteiger charge is 2.19. The Morgan fingerprint density at radius 3 is 2.18 bits per heavy atom. The second kappa shape index (κ2) is 8.03. The molecule has 0 aliphatic carbocycles. The van der Waals surface area contributed by atoms with Crippen molar-refractivity contribution in [2.45, 2.75) is 32.8 Å². The van der Waals surface area contributed by atoms with Gasteiger partial charge < -0.3 is 15.7 Å². The van der Waals surface area contributed by atoms with Crippen LogP contribution in [0.4, 0.5) is 0 Å². The van der Waals surface area contributed by atoms with Crippen molar-refractivity contribution in [1.82, 2.24) is 9.80 Å². The molecule has 0 aromatic heterocycles. The summed E-state index contributed by atoms with van der Waals surface area (Å²) in [5.74, 6) is 0.359. The van der Waals surface area contributed by atoms with Gasteiger partial charge >= 0.3 is 0 Å². The van der Waals surface area contributed by atoms with Crippen molar-refractivity contribution >= 4 is 0 Å². The first-order chi connectivity index (χ1) is 8.13. The Balaban J connectivity index is 2.13. The van der Waals surface area contributed by atoms with Crippen molar-refractivity contribution in [3.63, 3.8) is 0 Å². The molecule has 1 aliphatic heterocycles. The number of rotatable bonds is 7. The zero-order chi connectivity index (χ0) is 12.7. The van der Waals surface area contributed by atoms with Crippen molar-refractivity contribution in [3.05, 3.63) is 0 Å². The molecule has 0 saturated carbocycles. The lowest BCUT2D eigenvalue weighted by atomic mass is 10.1. The Kier molecular flexibility index (Phi) is 7.04. The minimum Gasteiger partial charge on any atom is -0.392 e.